The lowest BCUT2D eigenvalue weighted by Gasteiger charge is -2.26. The van der Waals surface area contributed by atoms with E-state index in [9.17, 15) is 0 Å². The Morgan fingerprint density at radius 1 is 1.40 bits per heavy atom. The zero-order valence-electron chi connectivity index (χ0n) is 9.19. The fourth-order valence-corrected chi connectivity index (χ4v) is 3.15. The van der Waals surface area contributed by atoms with Crippen LogP contribution < -0.4 is 5.73 Å². The third kappa shape index (κ3) is 3.03. The van der Waals surface area contributed by atoms with Crippen LogP contribution in [0.15, 0.2) is 17.5 Å². The van der Waals surface area contributed by atoms with Gasteiger partial charge in [-0.15, -0.1) is 11.3 Å². The van der Waals surface area contributed by atoms with Crippen molar-refractivity contribution >= 4 is 11.3 Å². The topological polar surface area (TPSA) is 29.3 Å². The summed E-state index contributed by atoms with van der Waals surface area (Å²) in [6, 6.07) is 5.06. The lowest BCUT2D eigenvalue weighted by atomic mass is 10.1. The zero-order chi connectivity index (χ0) is 10.5. The Bertz CT molecular complexity index is 265. The van der Waals surface area contributed by atoms with Crippen LogP contribution in [0.4, 0.5) is 0 Å². The predicted molar refractivity (Wildman–Crippen MR) is 66.3 cm³/mol. The van der Waals surface area contributed by atoms with Crippen LogP contribution in [0.1, 0.15) is 24.1 Å². The molecule has 0 saturated carbocycles. The van der Waals surface area contributed by atoms with Crippen LogP contribution in [0, 0.1) is 0 Å². The fraction of sp³-hybridized carbons (Fsp3) is 0.667. The molecule has 2 N–H and O–H groups in total. The molecule has 2 rings (SSSR count). The molecule has 3 heteroatoms. The minimum Gasteiger partial charge on any atom is -0.330 e. The van der Waals surface area contributed by atoms with Crippen LogP contribution in [0.3, 0.4) is 0 Å². The molecule has 2 heterocycles. The second kappa shape index (κ2) is 5.64. The summed E-state index contributed by atoms with van der Waals surface area (Å²) in [5, 5.41) is 2.17. The highest BCUT2D eigenvalue weighted by Crippen LogP contribution is 2.20. The SMILES string of the molecule is NCCC(Cc1cccs1)N1CCCC1. The maximum atomic E-state index is 5.70. The molecule has 1 atom stereocenters. The molecular formula is C12H20N2S. The van der Waals surface area contributed by atoms with Gasteiger partial charge in [0, 0.05) is 10.9 Å². The van der Waals surface area contributed by atoms with Crippen LogP contribution in [0.5, 0.6) is 0 Å². The molecule has 0 aromatic carbocycles. The summed E-state index contributed by atoms with van der Waals surface area (Å²) >= 11 is 1.87. The van der Waals surface area contributed by atoms with Gasteiger partial charge in [0.15, 0.2) is 0 Å². The van der Waals surface area contributed by atoms with E-state index >= 15 is 0 Å². The summed E-state index contributed by atoms with van der Waals surface area (Å²) in [6.45, 7) is 3.36. The molecule has 1 aliphatic rings. The van der Waals surface area contributed by atoms with E-state index in [1.807, 2.05) is 11.3 Å². The van der Waals surface area contributed by atoms with Crippen molar-refractivity contribution in [1.82, 2.24) is 4.90 Å². The average Bonchev–Trinajstić information content (AvgIpc) is 2.89. The number of hydrogen-bond donors (Lipinski definition) is 1. The van der Waals surface area contributed by atoms with E-state index in [4.69, 9.17) is 5.73 Å². The van der Waals surface area contributed by atoms with E-state index < -0.39 is 0 Å². The van der Waals surface area contributed by atoms with Crippen molar-refractivity contribution in [1.29, 1.82) is 0 Å². The van der Waals surface area contributed by atoms with Crippen molar-refractivity contribution in [2.45, 2.75) is 31.7 Å². The maximum absolute atomic E-state index is 5.70. The third-order valence-corrected chi connectivity index (χ3v) is 4.07. The normalized spacial score (nSPS) is 19.5. The van der Waals surface area contributed by atoms with Gasteiger partial charge < -0.3 is 5.73 Å². The van der Waals surface area contributed by atoms with Crippen molar-refractivity contribution in [2.75, 3.05) is 19.6 Å². The van der Waals surface area contributed by atoms with E-state index in [1.54, 1.807) is 0 Å². The summed E-state index contributed by atoms with van der Waals surface area (Å²) in [5.74, 6) is 0. The van der Waals surface area contributed by atoms with Crippen LogP contribution in [0.25, 0.3) is 0 Å². The maximum Gasteiger partial charge on any atom is 0.0155 e. The van der Waals surface area contributed by atoms with E-state index in [2.05, 4.69) is 22.4 Å². The van der Waals surface area contributed by atoms with Crippen LogP contribution in [0.2, 0.25) is 0 Å². The molecule has 1 saturated heterocycles. The summed E-state index contributed by atoms with van der Waals surface area (Å²) in [6.07, 6.45) is 5.06. The molecule has 15 heavy (non-hydrogen) atoms. The highest BCUT2D eigenvalue weighted by atomic mass is 32.1. The van der Waals surface area contributed by atoms with Gasteiger partial charge in [-0.25, -0.2) is 0 Å². The van der Waals surface area contributed by atoms with Crippen molar-refractivity contribution in [3.8, 4) is 0 Å². The lowest BCUT2D eigenvalue weighted by molar-refractivity contribution is 0.232. The first kappa shape index (κ1) is 11.1. The molecule has 0 bridgehead atoms. The van der Waals surface area contributed by atoms with E-state index in [-0.39, 0.29) is 0 Å². The monoisotopic (exact) mass is 224 g/mol. The molecule has 2 nitrogen and oxygen atoms in total. The Labute approximate surface area is 96.1 Å². The molecule has 0 radical (unpaired) electrons. The van der Waals surface area contributed by atoms with Gasteiger partial charge in [-0.05, 0) is 56.8 Å². The molecule has 0 amide bonds. The van der Waals surface area contributed by atoms with E-state index in [0.29, 0.717) is 6.04 Å². The van der Waals surface area contributed by atoms with E-state index in [1.165, 1.54) is 37.2 Å². The number of thiophene rings is 1. The van der Waals surface area contributed by atoms with E-state index in [0.717, 1.165) is 13.0 Å². The van der Waals surface area contributed by atoms with Crippen LogP contribution in [-0.4, -0.2) is 30.6 Å². The van der Waals surface area contributed by atoms with Gasteiger partial charge in [-0.1, -0.05) is 6.07 Å². The van der Waals surface area contributed by atoms with Gasteiger partial charge in [-0.3, -0.25) is 4.90 Å². The Hall–Kier alpha value is -0.380. The molecule has 84 valence electrons. The number of nitrogens with two attached hydrogens (primary N) is 1. The fourth-order valence-electron chi connectivity index (χ4n) is 2.37. The average molecular weight is 224 g/mol. The first-order valence-electron chi connectivity index (χ1n) is 5.86. The number of rotatable bonds is 5. The third-order valence-electron chi connectivity index (χ3n) is 3.17. The van der Waals surface area contributed by atoms with Crippen molar-refractivity contribution in [3.63, 3.8) is 0 Å². The Balaban J connectivity index is 1.93. The molecule has 0 spiro atoms. The molecule has 1 aliphatic heterocycles. The van der Waals surface area contributed by atoms with Gasteiger partial charge in [0.2, 0.25) is 0 Å². The minimum atomic E-state index is 0.677. The number of hydrogen-bond acceptors (Lipinski definition) is 3. The second-order valence-corrected chi connectivity index (χ2v) is 5.29. The molecule has 1 aromatic rings. The molecular weight excluding hydrogens is 204 g/mol. The molecule has 1 fully saturated rings. The minimum absolute atomic E-state index is 0.677. The molecule has 1 aromatic heterocycles. The molecule has 1 unspecified atom stereocenters. The number of likely N-dealkylation sites (tertiary alicyclic amines) is 1. The first-order valence-corrected chi connectivity index (χ1v) is 6.74. The van der Waals surface area contributed by atoms with Gasteiger partial charge in [0.05, 0.1) is 0 Å². The smallest absolute Gasteiger partial charge is 0.0155 e. The Morgan fingerprint density at radius 3 is 2.80 bits per heavy atom. The van der Waals surface area contributed by atoms with Crippen molar-refractivity contribution < 1.29 is 0 Å². The standard InChI is InChI=1S/C12H20N2S/c13-6-5-11(14-7-1-2-8-14)10-12-4-3-9-15-12/h3-4,9,11H,1-2,5-8,10,13H2. The lowest BCUT2D eigenvalue weighted by Crippen LogP contribution is -2.36. The van der Waals surface area contributed by atoms with Crippen molar-refractivity contribution in [3.05, 3.63) is 22.4 Å². The zero-order valence-corrected chi connectivity index (χ0v) is 10.0. The summed E-state index contributed by atoms with van der Waals surface area (Å²) in [7, 11) is 0. The van der Waals surface area contributed by atoms with Crippen LogP contribution in [-0.2, 0) is 6.42 Å². The largest absolute Gasteiger partial charge is 0.330 e. The summed E-state index contributed by atoms with van der Waals surface area (Å²) < 4.78 is 0. The quantitative estimate of drug-likeness (QED) is 0.830. The first-order chi connectivity index (χ1) is 7.40. The van der Waals surface area contributed by atoms with Gasteiger partial charge in [0.1, 0.15) is 0 Å². The van der Waals surface area contributed by atoms with Gasteiger partial charge in [-0.2, -0.15) is 0 Å². The van der Waals surface area contributed by atoms with Crippen LogP contribution >= 0.6 is 11.3 Å². The summed E-state index contributed by atoms with van der Waals surface area (Å²) in [5.41, 5.74) is 5.70. The summed E-state index contributed by atoms with van der Waals surface area (Å²) in [4.78, 5) is 4.12. The Kier molecular flexibility index (Phi) is 4.18. The highest BCUT2D eigenvalue weighted by Gasteiger charge is 2.21. The van der Waals surface area contributed by atoms with Crippen molar-refractivity contribution in [2.24, 2.45) is 5.73 Å². The predicted octanol–water partition coefficient (Wildman–Crippen LogP) is 2.10. The van der Waals surface area contributed by atoms with Gasteiger partial charge >= 0.3 is 0 Å². The van der Waals surface area contributed by atoms with Gasteiger partial charge in [0.25, 0.3) is 0 Å². The molecule has 0 aliphatic carbocycles. The highest BCUT2D eigenvalue weighted by molar-refractivity contribution is 7.09. The Morgan fingerprint density at radius 2 is 2.20 bits per heavy atom. The number of nitrogens with zero attached hydrogens (tertiary/aromatic N) is 1. The second-order valence-electron chi connectivity index (χ2n) is 4.26.